The van der Waals surface area contributed by atoms with Crippen molar-refractivity contribution in [1.29, 1.82) is 0 Å². The zero-order valence-electron chi connectivity index (χ0n) is 30.3. The first-order valence-corrected chi connectivity index (χ1v) is 19.8. The minimum Gasteiger partial charge on any atom is -0.492 e. The minimum atomic E-state index is -4.95. The molecule has 16 heteroatoms. The van der Waals surface area contributed by atoms with E-state index in [9.17, 15) is 39.6 Å². The molecule has 2 saturated heterocycles. The SMILES string of the molecule is CCOc1cc2nc(-c3cccc(C(F)(F)F)c3)c(CN3CCC(N4CCOCC4)CC3)c(C(=O)NC(c3ccccc3)C(F)(F)F)c2cc1S(=O)(=O)CC. The molecule has 1 N–H and O–H groups in total. The molecule has 4 aromatic rings. The summed E-state index contributed by atoms with van der Waals surface area (Å²) in [4.78, 5) is 23.4. The van der Waals surface area contributed by atoms with Gasteiger partial charge in [0.15, 0.2) is 15.9 Å². The first-order chi connectivity index (χ1) is 26.1. The fourth-order valence-corrected chi connectivity index (χ4v) is 8.32. The van der Waals surface area contributed by atoms with Crippen molar-refractivity contribution in [2.45, 2.75) is 62.6 Å². The van der Waals surface area contributed by atoms with Crippen molar-refractivity contribution in [3.05, 3.63) is 89.0 Å². The number of carbonyl (C=O) groups excluding carboxylic acids is 1. The van der Waals surface area contributed by atoms with Crippen LogP contribution in [0.1, 0.15) is 59.8 Å². The highest BCUT2D eigenvalue weighted by Gasteiger charge is 2.43. The second-order valence-electron chi connectivity index (χ2n) is 13.6. The smallest absolute Gasteiger partial charge is 0.416 e. The molecule has 0 saturated carbocycles. The maximum Gasteiger partial charge on any atom is 0.416 e. The topological polar surface area (TPSA) is 101 Å². The second-order valence-corrected chi connectivity index (χ2v) is 15.8. The molecule has 2 aliphatic heterocycles. The van der Waals surface area contributed by atoms with E-state index in [-0.39, 0.29) is 74.4 Å². The van der Waals surface area contributed by atoms with Crippen LogP contribution < -0.4 is 10.1 Å². The summed E-state index contributed by atoms with van der Waals surface area (Å²) < 4.78 is 124. The Morgan fingerprint density at radius 3 is 2.25 bits per heavy atom. The summed E-state index contributed by atoms with van der Waals surface area (Å²) in [5, 5.41) is 2.06. The van der Waals surface area contributed by atoms with E-state index in [0.29, 0.717) is 26.3 Å². The van der Waals surface area contributed by atoms with Crippen LogP contribution in [0.2, 0.25) is 0 Å². The fraction of sp³-hybridized carbons (Fsp3) is 0.436. The number of aromatic nitrogens is 1. The number of ether oxygens (including phenoxy) is 2. The van der Waals surface area contributed by atoms with E-state index in [4.69, 9.17) is 14.5 Å². The maximum atomic E-state index is 14.7. The number of likely N-dealkylation sites (tertiary alicyclic amines) is 1. The van der Waals surface area contributed by atoms with Crippen LogP contribution in [0.4, 0.5) is 26.3 Å². The van der Waals surface area contributed by atoms with E-state index in [1.54, 1.807) is 6.92 Å². The molecule has 1 amide bonds. The first kappa shape index (κ1) is 40.4. The normalized spacial score (nSPS) is 17.3. The van der Waals surface area contributed by atoms with Crippen LogP contribution >= 0.6 is 0 Å². The van der Waals surface area contributed by atoms with Gasteiger partial charge in [-0.3, -0.25) is 14.6 Å². The van der Waals surface area contributed by atoms with Gasteiger partial charge in [-0.2, -0.15) is 26.3 Å². The highest BCUT2D eigenvalue weighted by Crippen LogP contribution is 2.40. The van der Waals surface area contributed by atoms with Crippen LogP contribution in [0.15, 0.2) is 71.6 Å². The summed E-state index contributed by atoms with van der Waals surface area (Å²) in [6, 6.07) is 11.3. The van der Waals surface area contributed by atoms with Crippen LogP contribution in [0, 0.1) is 0 Å². The third-order valence-corrected chi connectivity index (χ3v) is 11.8. The Morgan fingerprint density at radius 2 is 1.64 bits per heavy atom. The molecule has 1 atom stereocenters. The van der Waals surface area contributed by atoms with Crippen LogP contribution in [-0.4, -0.2) is 93.1 Å². The van der Waals surface area contributed by atoms with Crippen molar-refractivity contribution in [3.63, 3.8) is 0 Å². The lowest BCUT2D eigenvalue weighted by Gasteiger charge is -2.40. The van der Waals surface area contributed by atoms with E-state index in [0.717, 1.165) is 38.1 Å². The number of sulfone groups is 1. The molecule has 1 aromatic heterocycles. The van der Waals surface area contributed by atoms with Gasteiger partial charge in [-0.15, -0.1) is 0 Å². The van der Waals surface area contributed by atoms with Gasteiger partial charge in [0.25, 0.3) is 5.91 Å². The number of nitrogens with zero attached hydrogens (tertiary/aromatic N) is 3. The van der Waals surface area contributed by atoms with Gasteiger partial charge in [-0.05, 0) is 56.6 Å². The Bertz CT molecular complexity index is 2100. The Balaban J connectivity index is 1.58. The molecule has 2 fully saturated rings. The van der Waals surface area contributed by atoms with Gasteiger partial charge in [0, 0.05) is 48.3 Å². The van der Waals surface area contributed by atoms with Crippen molar-refractivity contribution in [2.75, 3.05) is 51.8 Å². The minimum absolute atomic E-state index is 0.0253. The average molecular weight is 793 g/mol. The van der Waals surface area contributed by atoms with Crippen molar-refractivity contribution >= 4 is 26.6 Å². The molecule has 1 unspecified atom stereocenters. The monoisotopic (exact) mass is 792 g/mol. The second kappa shape index (κ2) is 16.5. The van der Waals surface area contributed by atoms with Crippen molar-refractivity contribution in [1.82, 2.24) is 20.1 Å². The van der Waals surface area contributed by atoms with Gasteiger partial charge in [-0.1, -0.05) is 49.4 Å². The molecule has 2 aliphatic rings. The van der Waals surface area contributed by atoms with Crippen molar-refractivity contribution in [3.8, 4) is 17.0 Å². The molecule has 296 valence electrons. The van der Waals surface area contributed by atoms with E-state index in [1.807, 2.05) is 4.90 Å². The zero-order chi connectivity index (χ0) is 39.5. The number of nitrogens with one attached hydrogen (secondary N) is 1. The average Bonchev–Trinajstić information content (AvgIpc) is 3.16. The van der Waals surface area contributed by atoms with E-state index >= 15 is 0 Å². The molecule has 0 aliphatic carbocycles. The van der Waals surface area contributed by atoms with Gasteiger partial charge in [0.05, 0.1) is 47.9 Å². The van der Waals surface area contributed by atoms with Gasteiger partial charge in [0.2, 0.25) is 0 Å². The highest BCUT2D eigenvalue weighted by molar-refractivity contribution is 7.91. The lowest BCUT2D eigenvalue weighted by Crippen LogP contribution is -2.48. The molecule has 0 radical (unpaired) electrons. The summed E-state index contributed by atoms with van der Waals surface area (Å²) in [7, 11) is -4.03. The van der Waals surface area contributed by atoms with Crippen LogP contribution in [0.25, 0.3) is 22.2 Å². The van der Waals surface area contributed by atoms with Gasteiger partial charge < -0.3 is 14.8 Å². The van der Waals surface area contributed by atoms with Gasteiger partial charge in [-0.25, -0.2) is 13.4 Å². The first-order valence-electron chi connectivity index (χ1n) is 18.1. The Labute approximate surface area is 315 Å². The number of amides is 1. The summed E-state index contributed by atoms with van der Waals surface area (Å²) >= 11 is 0. The number of hydrogen-bond acceptors (Lipinski definition) is 8. The predicted molar refractivity (Wildman–Crippen MR) is 194 cm³/mol. The predicted octanol–water partition coefficient (Wildman–Crippen LogP) is 7.44. The lowest BCUT2D eigenvalue weighted by molar-refractivity contribution is -0.155. The number of hydrogen-bond donors (Lipinski definition) is 1. The number of benzene rings is 3. The molecule has 0 bridgehead atoms. The summed E-state index contributed by atoms with van der Waals surface area (Å²) in [5.74, 6) is -1.67. The number of morpholine rings is 1. The van der Waals surface area contributed by atoms with Crippen molar-refractivity contribution in [2.24, 2.45) is 0 Å². The quantitative estimate of drug-likeness (QED) is 0.157. The van der Waals surface area contributed by atoms with E-state index in [1.165, 1.54) is 61.5 Å². The summed E-state index contributed by atoms with van der Waals surface area (Å²) in [6.07, 6.45) is -8.25. The Hall–Kier alpha value is -4.25. The summed E-state index contributed by atoms with van der Waals surface area (Å²) in [5.41, 5.74) is -1.64. The Kier molecular flexibility index (Phi) is 12.1. The molecule has 6 rings (SSSR count). The number of carbonyl (C=O) groups is 1. The Morgan fingerprint density at radius 1 is 0.945 bits per heavy atom. The lowest BCUT2D eigenvalue weighted by atomic mass is 9.93. The third kappa shape index (κ3) is 9.08. The van der Waals surface area contributed by atoms with Gasteiger partial charge in [0.1, 0.15) is 10.6 Å². The molecule has 3 heterocycles. The number of piperidine rings is 1. The van der Waals surface area contributed by atoms with Crippen LogP contribution in [0.3, 0.4) is 0 Å². The van der Waals surface area contributed by atoms with Crippen molar-refractivity contribution < 1.29 is 49.0 Å². The number of alkyl halides is 6. The molecule has 55 heavy (non-hydrogen) atoms. The number of fused-ring (bicyclic) bond motifs is 1. The molecular formula is C39H42F6N4O5S. The number of rotatable bonds is 11. The van der Waals surface area contributed by atoms with Gasteiger partial charge >= 0.3 is 12.4 Å². The third-order valence-electron chi connectivity index (χ3n) is 10.1. The van der Waals surface area contributed by atoms with E-state index < -0.39 is 39.7 Å². The molecular weight excluding hydrogens is 751 g/mol. The number of halogens is 6. The fourth-order valence-electron chi connectivity index (χ4n) is 7.28. The maximum absolute atomic E-state index is 14.7. The zero-order valence-corrected chi connectivity index (χ0v) is 31.2. The molecule has 0 spiro atoms. The molecule has 3 aromatic carbocycles. The van der Waals surface area contributed by atoms with Crippen LogP contribution in [-0.2, 0) is 27.3 Å². The summed E-state index contributed by atoms with van der Waals surface area (Å²) in [6.45, 7) is 6.81. The van der Waals surface area contributed by atoms with E-state index in [2.05, 4.69) is 10.2 Å². The largest absolute Gasteiger partial charge is 0.492 e. The highest BCUT2D eigenvalue weighted by atomic mass is 32.2. The van der Waals surface area contributed by atoms with Crippen LogP contribution in [0.5, 0.6) is 5.75 Å². The number of pyridine rings is 1. The standard InChI is InChI=1S/C39H42F6N4O5S/c1-3-54-32-23-31-29(22-33(32)55(51,52)4-2)34(37(50)47-36(39(43,44)45)25-9-6-5-7-10-25)30(35(46-31)26-11-8-12-27(21-26)38(40,41)42)24-48-15-13-28(14-16-48)49-17-19-53-20-18-49/h5-12,21-23,28,36H,3-4,13-20,24H2,1-2H3,(H,47,50). The molecule has 9 nitrogen and oxygen atoms in total.